The second kappa shape index (κ2) is 10.3. The summed E-state index contributed by atoms with van der Waals surface area (Å²) < 4.78 is 12.7. The summed E-state index contributed by atoms with van der Waals surface area (Å²) in [4.78, 5) is 13.7. The van der Waals surface area contributed by atoms with Crippen LogP contribution < -0.4 is 5.32 Å². The van der Waals surface area contributed by atoms with Crippen molar-refractivity contribution in [2.24, 2.45) is 0 Å². The zero-order valence-electron chi connectivity index (χ0n) is 12.6. The van der Waals surface area contributed by atoms with Crippen molar-refractivity contribution in [2.75, 3.05) is 33.3 Å². The molecule has 0 heterocycles. The van der Waals surface area contributed by atoms with Crippen molar-refractivity contribution in [3.63, 3.8) is 0 Å². The van der Waals surface area contributed by atoms with Gasteiger partial charge < -0.3 is 10.4 Å². The molecule has 4 nitrogen and oxygen atoms in total. The number of nitrogens with one attached hydrogen (secondary N) is 1. The summed E-state index contributed by atoms with van der Waals surface area (Å²) in [7, 11) is 1.92. The van der Waals surface area contributed by atoms with Crippen molar-refractivity contribution in [3.05, 3.63) is 35.6 Å². The molecule has 5 heteroatoms. The number of nitrogens with zero attached hydrogens (tertiary/aromatic N) is 1. The molecule has 1 amide bonds. The Hall–Kier alpha value is -1.46. The van der Waals surface area contributed by atoms with Gasteiger partial charge in [-0.1, -0.05) is 12.1 Å². The Labute approximate surface area is 126 Å². The van der Waals surface area contributed by atoms with E-state index in [1.807, 2.05) is 11.9 Å². The maximum atomic E-state index is 12.7. The van der Waals surface area contributed by atoms with Gasteiger partial charge >= 0.3 is 0 Å². The summed E-state index contributed by atoms with van der Waals surface area (Å²) in [5.74, 6) is -0.243. The molecule has 1 aromatic carbocycles. The predicted molar refractivity (Wildman–Crippen MR) is 81.5 cm³/mol. The van der Waals surface area contributed by atoms with Crippen molar-refractivity contribution >= 4 is 5.91 Å². The number of hydrogen-bond donors (Lipinski definition) is 2. The Kier molecular flexibility index (Phi) is 8.62. The van der Waals surface area contributed by atoms with Gasteiger partial charge in [0.05, 0.1) is 6.54 Å². The third kappa shape index (κ3) is 8.42. The number of amides is 1. The maximum Gasteiger partial charge on any atom is 0.234 e. The molecule has 0 saturated heterocycles. The van der Waals surface area contributed by atoms with Crippen LogP contribution in [-0.4, -0.2) is 49.2 Å². The van der Waals surface area contributed by atoms with Crippen LogP contribution in [-0.2, 0) is 11.2 Å². The van der Waals surface area contributed by atoms with Crippen molar-refractivity contribution in [1.29, 1.82) is 0 Å². The van der Waals surface area contributed by atoms with Gasteiger partial charge in [-0.05, 0) is 57.0 Å². The molecule has 0 radical (unpaired) electrons. The number of hydrogen-bond acceptors (Lipinski definition) is 3. The molecule has 2 N–H and O–H groups in total. The molecule has 0 fully saturated rings. The second-order valence-electron chi connectivity index (χ2n) is 5.25. The Bertz CT molecular complexity index is 409. The molecule has 21 heavy (non-hydrogen) atoms. The van der Waals surface area contributed by atoms with Gasteiger partial charge in [0.1, 0.15) is 5.82 Å². The SMILES string of the molecule is CN(CCCCCO)CC(=O)NCCc1ccc(F)cc1. The van der Waals surface area contributed by atoms with E-state index in [1.54, 1.807) is 12.1 Å². The first-order valence-electron chi connectivity index (χ1n) is 7.42. The molecule has 118 valence electrons. The monoisotopic (exact) mass is 296 g/mol. The smallest absolute Gasteiger partial charge is 0.234 e. The van der Waals surface area contributed by atoms with Gasteiger partial charge in [-0.3, -0.25) is 9.69 Å². The Morgan fingerprint density at radius 3 is 2.62 bits per heavy atom. The van der Waals surface area contributed by atoms with E-state index in [-0.39, 0.29) is 18.3 Å². The zero-order chi connectivity index (χ0) is 15.5. The number of benzene rings is 1. The predicted octanol–water partition coefficient (Wildman–Crippen LogP) is 1.58. The average molecular weight is 296 g/mol. The fraction of sp³-hybridized carbons (Fsp3) is 0.562. The first-order valence-corrected chi connectivity index (χ1v) is 7.42. The van der Waals surface area contributed by atoms with Gasteiger partial charge in [0, 0.05) is 13.2 Å². The van der Waals surface area contributed by atoms with E-state index in [0.717, 1.165) is 31.4 Å². The highest BCUT2D eigenvalue weighted by Crippen LogP contribution is 2.02. The van der Waals surface area contributed by atoms with Crippen LogP contribution in [0.15, 0.2) is 24.3 Å². The Morgan fingerprint density at radius 1 is 1.24 bits per heavy atom. The van der Waals surface area contributed by atoms with E-state index in [0.29, 0.717) is 19.5 Å². The average Bonchev–Trinajstić information content (AvgIpc) is 2.46. The highest BCUT2D eigenvalue weighted by Gasteiger charge is 2.05. The van der Waals surface area contributed by atoms with E-state index in [9.17, 15) is 9.18 Å². The van der Waals surface area contributed by atoms with Crippen LogP contribution in [0.3, 0.4) is 0 Å². The molecule has 0 saturated carbocycles. The van der Waals surface area contributed by atoms with Crippen molar-refractivity contribution in [1.82, 2.24) is 10.2 Å². The van der Waals surface area contributed by atoms with E-state index < -0.39 is 0 Å². The van der Waals surface area contributed by atoms with E-state index in [2.05, 4.69) is 5.32 Å². The third-order valence-corrected chi connectivity index (χ3v) is 3.26. The molecule has 1 rings (SSSR count). The number of unbranched alkanes of at least 4 members (excludes halogenated alkanes) is 2. The van der Waals surface area contributed by atoms with Crippen LogP contribution in [0.25, 0.3) is 0 Å². The number of rotatable bonds is 10. The van der Waals surface area contributed by atoms with Crippen LogP contribution >= 0.6 is 0 Å². The highest BCUT2D eigenvalue weighted by molar-refractivity contribution is 5.77. The molecule has 0 unspecified atom stereocenters. The van der Waals surface area contributed by atoms with Crippen LogP contribution in [0.5, 0.6) is 0 Å². The van der Waals surface area contributed by atoms with E-state index in [1.165, 1.54) is 12.1 Å². The Morgan fingerprint density at radius 2 is 1.95 bits per heavy atom. The van der Waals surface area contributed by atoms with E-state index >= 15 is 0 Å². The number of aliphatic hydroxyl groups is 1. The topological polar surface area (TPSA) is 52.6 Å². The quantitative estimate of drug-likeness (QED) is 0.645. The number of likely N-dealkylation sites (N-methyl/N-ethyl adjacent to an activating group) is 1. The minimum Gasteiger partial charge on any atom is -0.396 e. The first kappa shape index (κ1) is 17.6. The van der Waals surface area contributed by atoms with Crippen molar-refractivity contribution in [3.8, 4) is 0 Å². The first-order chi connectivity index (χ1) is 10.1. The van der Waals surface area contributed by atoms with Crippen LogP contribution in [0.1, 0.15) is 24.8 Å². The lowest BCUT2D eigenvalue weighted by molar-refractivity contribution is -0.121. The largest absolute Gasteiger partial charge is 0.396 e. The summed E-state index contributed by atoms with van der Waals surface area (Å²) >= 11 is 0. The summed E-state index contributed by atoms with van der Waals surface area (Å²) in [6, 6.07) is 6.32. The molecular formula is C16H25FN2O2. The second-order valence-corrected chi connectivity index (χ2v) is 5.25. The van der Waals surface area contributed by atoms with Crippen molar-refractivity contribution in [2.45, 2.75) is 25.7 Å². The van der Waals surface area contributed by atoms with E-state index in [4.69, 9.17) is 5.11 Å². The number of halogens is 1. The van der Waals surface area contributed by atoms with Gasteiger partial charge in [0.15, 0.2) is 0 Å². The van der Waals surface area contributed by atoms with Gasteiger partial charge in [0.2, 0.25) is 5.91 Å². The lowest BCUT2D eigenvalue weighted by atomic mass is 10.1. The molecular weight excluding hydrogens is 271 g/mol. The van der Waals surface area contributed by atoms with Crippen LogP contribution in [0, 0.1) is 5.82 Å². The van der Waals surface area contributed by atoms with Gasteiger partial charge in [-0.15, -0.1) is 0 Å². The Balaban J connectivity index is 2.11. The zero-order valence-corrected chi connectivity index (χ0v) is 12.6. The maximum absolute atomic E-state index is 12.7. The molecule has 1 aromatic rings. The molecule has 0 spiro atoms. The minimum absolute atomic E-state index is 0.00164. The normalized spacial score (nSPS) is 10.9. The molecule has 0 aliphatic carbocycles. The lowest BCUT2D eigenvalue weighted by Gasteiger charge is -2.16. The molecule has 0 bridgehead atoms. The third-order valence-electron chi connectivity index (χ3n) is 3.26. The summed E-state index contributed by atoms with van der Waals surface area (Å²) in [6.07, 6.45) is 3.48. The summed E-state index contributed by atoms with van der Waals surface area (Å²) in [5, 5.41) is 11.5. The summed E-state index contributed by atoms with van der Waals surface area (Å²) in [6.45, 7) is 2.02. The number of aliphatic hydroxyl groups excluding tert-OH is 1. The molecule has 0 atom stereocenters. The van der Waals surface area contributed by atoms with Crippen molar-refractivity contribution < 1.29 is 14.3 Å². The van der Waals surface area contributed by atoms with Crippen LogP contribution in [0.2, 0.25) is 0 Å². The van der Waals surface area contributed by atoms with Gasteiger partial charge in [0.25, 0.3) is 0 Å². The number of carbonyl (C=O) groups excluding carboxylic acids is 1. The fourth-order valence-electron chi connectivity index (χ4n) is 2.05. The minimum atomic E-state index is -0.245. The summed E-state index contributed by atoms with van der Waals surface area (Å²) in [5.41, 5.74) is 1.01. The highest BCUT2D eigenvalue weighted by atomic mass is 19.1. The van der Waals surface area contributed by atoms with Gasteiger partial charge in [-0.2, -0.15) is 0 Å². The molecule has 0 aliphatic rings. The van der Waals surface area contributed by atoms with Crippen LogP contribution in [0.4, 0.5) is 4.39 Å². The molecule has 0 aliphatic heterocycles. The number of carbonyl (C=O) groups is 1. The lowest BCUT2D eigenvalue weighted by Crippen LogP contribution is -2.36. The molecule has 0 aromatic heterocycles. The standard InChI is InChI=1S/C16H25FN2O2/c1-19(11-3-2-4-12-20)13-16(21)18-10-9-14-5-7-15(17)8-6-14/h5-8,20H,2-4,9-13H2,1H3,(H,18,21). The fourth-order valence-corrected chi connectivity index (χ4v) is 2.05. The van der Waals surface area contributed by atoms with Gasteiger partial charge in [-0.25, -0.2) is 4.39 Å².